The topological polar surface area (TPSA) is 73.2 Å². The molecule has 2 amide bonds. The maximum Gasteiger partial charge on any atom is 0.243 e. The molecule has 1 N–H and O–H groups in total. The molecule has 122 valence electrons. The van der Waals surface area contributed by atoms with Crippen molar-refractivity contribution >= 4 is 17.5 Å². The number of nitriles is 1. The van der Waals surface area contributed by atoms with Gasteiger partial charge in [0.1, 0.15) is 0 Å². The van der Waals surface area contributed by atoms with Crippen LogP contribution in [0.25, 0.3) is 0 Å². The molecule has 0 radical (unpaired) electrons. The first-order valence-electron chi connectivity index (χ1n) is 7.68. The van der Waals surface area contributed by atoms with Crippen molar-refractivity contribution in [3.05, 3.63) is 65.7 Å². The molecule has 0 saturated heterocycles. The number of carbonyl (C=O) groups is 2. The number of hydrogen-bond donors (Lipinski definition) is 1. The number of rotatable bonds is 6. The molecule has 0 heterocycles. The van der Waals surface area contributed by atoms with Crippen molar-refractivity contribution in [2.75, 3.05) is 18.4 Å². The number of benzene rings is 2. The highest BCUT2D eigenvalue weighted by atomic mass is 16.2. The van der Waals surface area contributed by atoms with E-state index in [1.807, 2.05) is 36.4 Å². The van der Waals surface area contributed by atoms with Gasteiger partial charge in [-0.2, -0.15) is 5.26 Å². The molecular formula is C19H19N3O2. The first-order valence-corrected chi connectivity index (χ1v) is 7.68. The van der Waals surface area contributed by atoms with Crippen LogP contribution >= 0.6 is 0 Å². The minimum absolute atomic E-state index is 0.00215. The highest BCUT2D eigenvalue weighted by molar-refractivity contribution is 5.94. The molecule has 2 aromatic rings. The number of anilines is 1. The lowest BCUT2D eigenvalue weighted by molar-refractivity contribution is -0.132. The fraction of sp³-hybridized carbons (Fsp3) is 0.211. The molecule has 0 aliphatic rings. The highest BCUT2D eigenvalue weighted by Crippen LogP contribution is 2.09. The van der Waals surface area contributed by atoms with E-state index in [2.05, 4.69) is 5.32 Å². The van der Waals surface area contributed by atoms with Crippen molar-refractivity contribution in [3.8, 4) is 6.07 Å². The Morgan fingerprint density at radius 1 is 1.08 bits per heavy atom. The van der Waals surface area contributed by atoms with E-state index in [1.54, 1.807) is 24.3 Å². The summed E-state index contributed by atoms with van der Waals surface area (Å²) < 4.78 is 0. The van der Waals surface area contributed by atoms with Gasteiger partial charge in [0.25, 0.3) is 0 Å². The van der Waals surface area contributed by atoms with Gasteiger partial charge in [-0.1, -0.05) is 30.3 Å². The van der Waals surface area contributed by atoms with Crippen LogP contribution in [-0.2, 0) is 16.0 Å². The molecule has 0 saturated carbocycles. The minimum Gasteiger partial charge on any atom is -0.333 e. The van der Waals surface area contributed by atoms with E-state index in [1.165, 1.54) is 11.8 Å². The van der Waals surface area contributed by atoms with Crippen LogP contribution in [0, 0.1) is 11.3 Å². The molecule has 2 rings (SSSR count). The fourth-order valence-electron chi connectivity index (χ4n) is 2.26. The van der Waals surface area contributed by atoms with Gasteiger partial charge in [0, 0.05) is 19.2 Å². The summed E-state index contributed by atoms with van der Waals surface area (Å²) in [5.74, 6) is -0.399. The zero-order valence-electron chi connectivity index (χ0n) is 13.5. The van der Waals surface area contributed by atoms with E-state index in [4.69, 9.17) is 5.26 Å². The Morgan fingerprint density at radius 2 is 1.75 bits per heavy atom. The zero-order valence-corrected chi connectivity index (χ0v) is 13.5. The molecule has 0 aliphatic carbocycles. The van der Waals surface area contributed by atoms with Crippen LogP contribution < -0.4 is 5.32 Å². The van der Waals surface area contributed by atoms with Crippen molar-refractivity contribution in [1.82, 2.24) is 4.90 Å². The summed E-state index contributed by atoms with van der Waals surface area (Å²) in [7, 11) is 0. The van der Waals surface area contributed by atoms with E-state index in [9.17, 15) is 9.59 Å². The van der Waals surface area contributed by atoms with Gasteiger partial charge < -0.3 is 10.2 Å². The molecular weight excluding hydrogens is 302 g/mol. The third-order valence-corrected chi connectivity index (χ3v) is 3.59. The van der Waals surface area contributed by atoms with E-state index in [-0.39, 0.29) is 18.4 Å². The van der Waals surface area contributed by atoms with Crippen LogP contribution in [0.15, 0.2) is 54.6 Å². The minimum atomic E-state index is -0.261. The number of carbonyl (C=O) groups excluding carboxylic acids is 2. The standard InChI is InChI=1S/C19H19N3O2/c1-15(23)22(12-11-16-5-3-2-4-6-16)14-19(24)21-18-9-7-17(13-20)8-10-18/h2-10H,11-12,14H2,1H3,(H,21,24). The van der Waals surface area contributed by atoms with E-state index < -0.39 is 0 Å². The molecule has 0 aromatic heterocycles. The lowest BCUT2D eigenvalue weighted by Gasteiger charge is -2.20. The van der Waals surface area contributed by atoms with Gasteiger partial charge in [0.05, 0.1) is 18.2 Å². The average molecular weight is 321 g/mol. The zero-order chi connectivity index (χ0) is 17.4. The molecule has 0 spiro atoms. The molecule has 0 unspecified atom stereocenters. The Kier molecular flexibility index (Phi) is 6.09. The second kappa shape index (κ2) is 8.49. The third kappa shape index (κ3) is 5.25. The molecule has 2 aromatic carbocycles. The van der Waals surface area contributed by atoms with Crippen LogP contribution in [0.3, 0.4) is 0 Å². The SMILES string of the molecule is CC(=O)N(CCc1ccccc1)CC(=O)Nc1ccc(C#N)cc1. The van der Waals surface area contributed by atoms with Crippen molar-refractivity contribution in [2.45, 2.75) is 13.3 Å². The monoisotopic (exact) mass is 321 g/mol. The van der Waals surface area contributed by atoms with E-state index >= 15 is 0 Å². The van der Waals surface area contributed by atoms with Crippen molar-refractivity contribution < 1.29 is 9.59 Å². The normalized spacial score (nSPS) is 9.83. The fourth-order valence-corrected chi connectivity index (χ4v) is 2.26. The number of hydrogen-bond acceptors (Lipinski definition) is 3. The summed E-state index contributed by atoms with van der Waals surface area (Å²) >= 11 is 0. The Hall–Kier alpha value is -3.13. The first-order chi connectivity index (χ1) is 11.6. The first kappa shape index (κ1) is 17.2. The molecule has 0 fully saturated rings. The molecule has 5 nitrogen and oxygen atoms in total. The lowest BCUT2D eigenvalue weighted by Crippen LogP contribution is -2.37. The number of amides is 2. The Balaban J connectivity index is 1.90. The predicted octanol–water partition coefficient (Wildman–Crippen LogP) is 2.59. The lowest BCUT2D eigenvalue weighted by atomic mass is 10.1. The van der Waals surface area contributed by atoms with Gasteiger partial charge in [-0.25, -0.2) is 0 Å². The largest absolute Gasteiger partial charge is 0.333 e. The van der Waals surface area contributed by atoms with Gasteiger partial charge in [0.2, 0.25) is 11.8 Å². The van der Waals surface area contributed by atoms with E-state index in [0.717, 1.165) is 5.56 Å². The molecule has 0 bridgehead atoms. The van der Waals surface area contributed by atoms with Crippen LogP contribution in [0.2, 0.25) is 0 Å². The second-order valence-corrected chi connectivity index (χ2v) is 5.41. The Morgan fingerprint density at radius 3 is 2.33 bits per heavy atom. The molecule has 0 atom stereocenters. The third-order valence-electron chi connectivity index (χ3n) is 3.59. The maximum atomic E-state index is 12.1. The summed E-state index contributed by atoms with van der Waals surface area (Å²) in [5.41, 5.74) is 2.25. The summed E-state index contributed by atoms with van der Waals surface area (Å²) in [6.07, 6.45) is 0.699. The summed E-state index contributed by atoms with van der Waals surface area (Å²) in [4.78, 5) is 25.4. The highest BCUT2D eigenvalue weighted by Gasteiger charge is 2.13. The van der Waals surface area contributed by atoms with Gasteiger partial charge in [-0.3, -0.25) is 9.59 Å². The van der Waals surface area contributed by atoms with Crippen LogP contribution in [0.5, 0.6) is 0 Å². The molecule has 5 heteroatoms. The summed E-state index contributed by atoms with van der Waals surface area (Å²) in [6.45, 7) is 1.95. The number of nitrogens with zero attached hydrogens (tertiary/aromatic N) is 2. The van der Waals surface area contributed by atoms with Gasteiger partial charge in [-0.15, -0.1) is 0 Å². The Bertz CT molecular complexity index is 733. The van der Waals surface area contributed by atoms with Crippen LogP contribution in [0.4, 0.5) is 5.69 Å². The predicted molar refractivity (Wildman–Crippen MR) is 92.2 cm³/mol. The van der Waals surface area contributed by atoms with Crippen LogP contribution in [-0.4, -0.2) is 29.8 Å². The average Bonchev–Trinajstić information content (AvgIpc) is 2.60. The van der Waals surface area contributed by atoms with Gasteiger partial charge in [-0.05, 0) is 36.2 Å². The number of nitrogens with one attached hydrogen (secondary N) is 1. The smallest absolute Gasteiger partial charge is 0.243 e. The molecule has 0 aliphatic heterocycles. The van der Waals surface area contributed by atoms with Gasteiger partial charge in [0.15, 0.2) is 0 Å². The second-order valence-electron chi connectivity index (χ2n) is 5.41. The Labute approximate surface area is 141 Å². The van der Waals surface area contributed by atoms with Crippen LogP contribution in [0.1, 0.15) is 18.1 Å². The van der Waals surface area contributed by atoms with E-state index in [0.29, 0.717) is 24.2 Å². The summed E-state index contributed by atoms with van der Waals surface area (Å²) in [6, 6.07) is 18.4. The quantitative estimate of drug-likeness (QED) is 0.889. The van der Waals surface area contributed by atoms with Gasteiger partial charge >= 0.3 is 0 Å². The van der Waals surface area contributed by atoms with Crippen molar-refractivity contribution in [2.24, 2.45) is 0 Å². The van der Waals surface area contributed by atoms with Crippen molar-refractivity contribution in [3.63, 3.8) is 0 Å². The maximum absolute atomic E-state index is 12.1. The van der Waals surface area contributed by atoms with Crippen molar-refractivity contribution in [1.29, 1.82) is 5.26 Å². The summed E-state index contributed by atoms with van der Waals surface area (Å²) in [5, 5.41) is 11.5. The molecule has 24 heavy (non-hydrogen) atoms.